The van der Waals surface area contributed by atoms with Crippen LogP contribution in [-0.4, -0.2) is 145 Å². The van der Waals surface area contributed by atoms with Gasteiger partial charge in [0.1, 0.15) is 30.5 Å². The van der Waals surface area contributed by atoms with E-state index in [4.69, 9.17) is 56.8 Å². The molecule has 96 heavy (non-hydrogen) atoms. The summed E-state index contributed by atoms with van der Waals surface area (Å²) in [5.74, 6) is 10.9. The molecule has 0 radical (unpaired) electrons. The summed E-state index contributed by atoms with van der Waals surface area (Å²) >= 11 is 0. The minimum absolute atomic E-state index is 0.00170. The number of carbonyl (C=O) groups excluding carboxylic acids is 5. The Morgan fingerprint density at radius 1 is 0.354 bits per heavy atom. The molecular weight excluding hydrogens is 1220 g/mol. The molecular formula is C79H102O17. The number of hydrogen-bond acceptors (Lipinski definition) is 17. The fourth-order valence-electron chi connectivity index (χ4n) is 25.6. The molecule has 23 rings (SSSR count). The maximum atomic E-state index is 12.6. The van der Waals surface area contributed by atoms with Gasteiger partial charge in [0, 0.05) is 17.9 Å². The lowest BCUT2D eigenvalue weighted by atomic mass is 9.80. The van der Waals surface area contributed by atoms with Gasteiger partial charge >= 0.3 is 29.8 Å². The average molecular weight is 1320 g/mol. The summed E-state index contributed by atoms with van der Waals surface area (Å²) in [4.78, 5) is 61.2. The lowest BCUT2D eigenvalue weighted by Crippen LogP contribution is -2.41. The van der Waals surface area contributed by atoms with E-state index in [0.717, 1.165) is 89.8 Å². The van der Waals surface area contributed by atoms with Crippen LogP contribution < -0.4 is 0 Å². The molecule has 37 atom stereocenters. The number of fused-ring (bicyclic) bond motifs is 13. The second kappa shape index (κ2) is 22.9. The van der Waals surface area contributed by atoms with Gasteiger partial charge in [-0.2, -0.15) is 0 Å². The van der Waals surface area contributed by atoms with E-state index in [2.05, 4.69) is 96.7 Å². The molecule has 17 heteroatoms. The molecule has 9 aliphatic heterocycles. The van der Waals surface area contributed by atoms with E-state index in [0.29, 0.717) is 107 Å². The van der Waals surface area contributed by atoms with Gasteiger partial charge in [0.05, 0.1) is 96.4 Å². The summed E-state index contributed by atoms with van der Waals surface area (Å²) in [5.41, 5.74) is -0.222. The zero-order chi connectivity index (χ0) is 65.3. The number of ether oxygens (including phenoxy) is 12. The number of allylic oxidation sites excluding steroid dienone is 8. The maximum absolute atomic E-state index is 12.6. The second-order valence-electron chi connectivity index (χ2n) is 36.2. The van der Waals surface area contributed by atoms with Crippen LogP contribution in [0.15, 0.2) is 61.3 Å². The molecule has 0 spiro atoms. The van der Waals surface area contributed by atoms with Crippen LogP contribution in [-0.2, 0) is 80.8 Å². The Bertz CT molecular complexity index is 3110. The highest BCUT2D eigenvalue weighted by atomic mass is 16.7. The Morgan fingerprint density at radius 2 is 0.750 bits per heavy atom. The summed E-state index contributed by atoms with van der Waals surface area (Å²) < 4.78 is 71.1. The molecule has 0 aromatic rings. The van der Waals surface area contributed by atoms with Crippen molar-refractivity contribution < 1.29 is 80.8 Å². The van der Waals surface area contributed by atoms with Gasteiger partial charge in [-0.05, 0) is 245 Å². The molecule has 520 valence electrons. The standard InChI is InChI=1S/C18H24O3.C17H22O4.C16H20O3.C15H18O4.C13H18O3/c1-18(2)14-8-11-7-13(14)16(21-18)15(11)20-17(19)12-6-9-3-4-10(12)5-9;1-17(2)11-7-12-14(15(21-17)13(11)19-12)20-16(18)10-6-8-3-4-9(10)5-8;17-16(13-4-8-1-2-9(13)3-8)19-14-10-5-11-7-18-15(14)12(11)6-10;16-15(10-4-7-1-2-8(10)3-7)19-13-11-5-9-6-17-14(13)12(9)18-11;1-4-10(14)15-11-7-5-8-9(6-7)13(2,3)16-12(8)11/h3-4,9-16H,5-8H2,1-2H3;3-4,8-15H,5-7H2,1-2H3;1-2,8-15H,3-7H2;1-2,7-14H,3-6H2;4,7-9,11-12H,1,5-6H2,2-3H3. The molecule has 10 saturated carbocycles. The first kappa shape index (κ1) is 62.8. The average Bonchev–Trinajstić information content (AvgIpc) is 1.58. The maximum Gasteiger partial charge on any atom is 0.330 e. The molecule has 37 unspecified atom stereocenters. The van der Waals surface area contributed by atoms with Crippen molar-refractivity contribution in [1.82, 2.24) is 0 Å². The molecule has 0 aromatic heterocycles. The molecule has 0 aromatic carbocycles. The molecule has 23 aliphatic rings. The van der Waals surface area contributed by atoms with Crippen molar-refractivity contribution in [2.24, 2.45) is 136 Å². The molecule has 0 amide bonds. The molecule has 14 aliphatic carbocycles. The number of esters is 5. The highest BCUT2D eigenvalue weighted by molar-refractivity contribution is 5.81. The fourth-order valence-corrected chi connectivity index (χ4v) is 25.6. The third-order valence-corrected chi connectivity index (χ3v) is 30.0. The largest absolute Gasteiger partial charge is 0.459 e. The van der Waals surface area contributed by atoms with Gasteiger partial charge in [-0.25, -0.2) is 4.79 Å². The lowest BCUT2D eigenvalue weighted by molar-refractivity contribution is -0.166. The summed E-state index contributed by atoms with van der Waals surface area (Å²) in [6, 6.07) is 0. The molecule has 9 heterocycles. The van der Waals surface area contributed by atoms with Crippen LogP contribution >= 0.6 is 0 Å². The van der Waals surface area contributed by atoms with E-state index in [1.807, 2.05) is 0 Å². The van der Waals surface area contributed by atoms with Gasteiger partial charge in [-0.1, -0.05) is 55.2 Å². The van der Waals surface area contributed by atoms with E-state index in [1.165, 1.54) is 38.2 Å². The van der Waals surface area contributed by atoms with Crippen LogP contribution in [0, 0.1) is 136 Å². The highest BCUT2D eigenvalue weighted by Crippen LogP contribution is 2.63. The van der Waals surface area contributed by atoms with Crippen molar-refractivity contribution in [2.45, 2.75) is 247 Å². The van der Waals surface area contributed by atoms with Crippen molar-refractivity contribution in [3.63, 3.8) is 0 Å². The smallest absolute Gasteiger partial charge is 0.330 e. The highest BCUT2D eigenvalue weighted by Gasteiger charge is 2.69. The number of rotatable bonds is 10. The third-order valence-electron chi connectivity index (χ3n) is 30.0. The molecule has 18 bridgehead atoms. The van der Waals surface area contributed by atoms with Crippen LogP contribution in [0.2, 0.25) is 0 Å². The Balaban J connectivity index is 0.0000000849. The van der Waals surface area contributed by atoms with Crippen LogP contribution in [0.3, 0.4) is 0 Å². The molecule has 19 fully saturated rings. The predicted molar refractivity (Wildman–Crippen MR) is 344 cm³/mol. The van der Waals surface area contributed by atoms with E-state index < -0.39 is 0 Å². The van der Waals surface area contributed by atoms with E-state index in [1.54, 1.807) is 0 Å². The van der Waals surface area contributed by atoms with Crippen LogP contribution in [0.1, 0.15) is 144 Å². The Kier molecular flexibility index (Phi) is 15.0. The molecule has 9 saturated heterocycles. The quantitative estimate of drug-likeness (QED) is 0.0866. The lowest BCUT2D eigenvalue weighted by Gasteiger charge is -2.28. The van der Waals surface area contributed by atoms with Gasteiger partial charge in [-0.3, -0.25) is 19.2 Å². The Morgan fingerprint density at radius 3 is 1.23 bits per heavy atom. The van der Waals surface area contributed by atoms with Crippen LogP contribution in [0.5, 0.6) is 0 Å². The Hall–Kier alpha value is -4.23. The van der Waals surface area contributed by atoms with Crippen molar-refractivity contribution >= 4 is 29.8 Å². The zero-order valence-electron chi connectivity index (χ0n) is 56.9. The second-order valence-corrected chi connectivity index (χ2v) is 36.2. The van der Waals surface area contributed by atoms with Crippen LogP contribution in [0.25, 0.3) is 0 Å². The first-order valence-electron chi connectivity index (χ1n) is 38.1. The van der Waals surface area contributed by atoms with Gasteiger partial charge in [0.25, 0.3) is 0 Å². The van der Waals surface area contributed by atoms with Gasteiger partial charge in [-0.15, -0.1) is 0 Å². The van der Waals surface area contributed by atoms with Gasteiger partial charge in [0.15, 0.2) is 12.2 Å². The normalized spacial score (nSPS) is 54.0. The monoisotopic (exact) mass is 1320 g/mol. The van der Waals surface area contributed by atoms with E-state index in [-0.39, 0.29) is 156 Å². The topological polar surface area (TPSA) is 196 Å². The molecule has 17 nitrogen and oxygen atoms in total. The zero-order valence-corrected chi connectivity index (χ0v) is 56.9. The van der Waals surface area contributed by atoms with E-state index >= 15 is 0 Å². The van der Waals surface area contributed by atoms with Crippen LogP contribution in [0.4, 0.5) is 0 Å². The van der Waals surface area contributed by atoms with Gasteiger partial charge < -0.3 is 56.8 Å². The first-order chi connectivity index (χ1) is 46.2. The van der Waals surface area contributed by atoms with Crippen molar-refractivity contribution in [2.75, 3.05) is 13.2 Å². The minimum Gasteiger partial charge on any atom is -0.459 e. The first-order valence-corrected chi connectivity index (χ1v) is 38.1. The van der Waals surface area contributed by atoms with Crippen molar-refractivity contribution in [3.8, 4) is 0 Å². The van der Waals surface area contributed by atoms with Gasteiger partial charge in [0.2, 0.25) is 0 Å². The van der Waals surface area contributed by atoms with Crippen molar-refractivity contribution in [3.05, 3.63) is 61.3 Å². The minimum atomic E-state index is -0.317. The molecule has 0 N–H and O–H groups in total. The fraction of sp³-hybridized carbons (Fsp3) is 0.810. The predicted octanol–water partition coefficient (Wildman–Crippen LogP) is 10.4. The summed E-state index contributed by atoms with van der Waals surface area (Å²) in [6.07, 6.45) is 37.4. The SMILES string of the molecule is C=CC(=O)OC1C2CC3C1OC(C)(C)C3C2.CC1(C)OC2C(OC(=O)C3CC4C=CC3C4)C3CC1C2O3.CC1(C)OC2C3CC(CC31)C2OC(=O)C1CC2C=CC1C2.O=C(OC1C2CC3COC1C3C2)C1CC2C=CC1C2.O=C(OC1C2CC3COC1C3O2)C1CC2C=CC1C2. The third kappa shape index (κ3) is 10.1. The Labute approximate surface area is 565 Å². The van der Waals surface area contributed by atoms with E-state index in [9.17, 15) is 24.0 Å². The van der Waals surface area contributed by atoms with Crippen molar-refractivity contribution in [1.29, 1.82) is 0 Å². The summed E-state index contributed by atoms with van der Waals surface area (Å²) in [6.45, 7) is 18.1. The number of carbonyl (C=O) groups is 5. The summed E-state index contributed by atoms with van der Waals surface area (Å²) in [5, 5.41) is 0. The number of hydrogen-bond donors (Lipinski definition) is 0. The summed E-state index contributed by atoms with van der Waals surface area (Å²) in [7, 11) is 0.